The largest absolute Gasteiger partial charge is 0.490 e. The second kappa shape index (κ2) is 5.89. The molecule has 0 saturated carbocycles. The summed E-state index contributed by atoms with van der Waals surface area (Å²) in [6.45, 7) is 4.49. The Hall–Kier alpha value is -2.04. The number of carbonyl (C=O) groups is 2. The molecular weight excluding hydrogens is 224 g/mol. The summed E-state index contributed by atoms with van der Waals surface area (Å²) in [4.78, 5) is 21.8. The van der Waals surface area contributed by atoms with E-state index in [4.69, 9.17) is 14.6 Å². The maximum Gasteiger partial charge on any atom is 0.377 e. The minimum Gasteiger partial charge on any atom is -0.490 e. The minimum atomic E-state index is -1.49. The highest BCUT2D eigenvalue weighted by atomic mass is 16.5. The van der Waals surface area contributed by atoms with Crippen molar-refractivity contribution < 1.29 is 24.2 Å². The Morgan fingerprint density at radius 3 is 2.24 bits per heavy atom. The van der Waals surface area contributed by atoms with E-state index in [1.165, 1.54) is 18.2 Å². The summed E-state index contributed by atoms with van der Waals surface area (Å²) in [5.74, 6) is -1.58. The second-order valence-electron chi connectivity index (χ2n) is 3.16. The maximum absolute atomic E-state index is 11.3. The third kappa shape index (κ3) is 3.21. The van der Waals surface area contributed by atoms with Crippen molar-refractivity contribution in [3.63, 3.8) is 0 Å². The fraction of sp³-hybridized carbons (Fsp3) is 0.333. The van der Waals surface area contributed by atoms with E-state index in [1.54, 1.807) is 6.92 Å². The number of Topliss-reactive ketones (excluding diaryl/α,β-unsaturated/α-hetero) is 1. The van der Waals surface area contributed by atoms with Crippen LogP contribution in [-0.2, 0) is 4.79 Å². The first-order valence-corrected chi connectivity index (χ1v) is 5.27. The Morgan fingerprint density at radius 2 is 1.71 bits per heavy atom. The summed E-state index contributed by atoms with van der Waals surface area (Å²) in [5.41, 5.74) is 0.0735. The number of aliphatic carboxylic acids is 1. The highest BCUT2D eigenvalue weighted by Crippen LogP contribution is 2.28. The van der Waals surface area contributed by atoms with Crippen molar-refractivity contribution in [2.45, 2.75) is 13.8 Å². The summed E-state index contributed by atoms with van der Waals surface area (Å²) >= 11 is 0. The van der Waals surface area contributed by atoms with Gasteiger partial charge in [-0.25, -0.2) is 4.79 Å². The highest BCUT2D eigenvalue weighted by molar-refractivity contribution is 6.39. The van der Waals surface area contributed by atoms with Crippen LogP contribution in [0, 0.1) is 0 Å². The van der Waals surface area contributed by atoms with Crippen molar-refractivity contribution in [3.05, 3.63) is 23.8 Å². The normalized spacial score (nSPS) is 9.76. The number of carboxylic acids is 1. The summed E-state index contributed by atoms with van der Waals surface area (Å²) < 4.78 is 10.6. The monoisotopic (exact) mass is 238 g/mol. The lowest BCUT2D eigenvalue weighted by atomic mass is 10.1. The average Bonchev–Trinajstić information content (AvgIpc) is 2.31. The van der Waals surface area contributed by atoms with Gasteiger partial charge in [0.1, 0.15) is 0 Å². The number of hydrogen-bond donors (Lipinski definition) is 1. The fourth-order valence-electron chi connectivity index (χ4n) is 1.32. The van der Waals surface area contributed by atoms with Crippen LogP contribution < -0.4 is 9.47 Å². The number of ether oxygens (including phenoxy) is 2. The molecule has 0 aliphatic heterocycles. The maximum atomic E-state index is 11.3. The number of rotatable bonds is 6. The molecule has 0 aliphatic carbocycles. The van der Waals surface area contributed by atoms with Gasteiger partial charge in [0.05, 0.1) is 13.2 Å². The van der Waals surface area contributed by atoms with Crippen LogP contribution >= 0.6 is 0 Å². The second-order valence-corrected chi connectivity index (χ2v) is 3.16. The van der Waals surface area contributed by atoms with E-state index in [2.05, 4.69) is 0 Å². The molecule has 0 atom stereocenters. The summed E-state index contributed by atoms with van der Waals surface area (Å²) in [5, 5.41) is 8.61. The van der Waals surface area contributed by atoms with Crippen LogP contribution in [0.2, 0.25) is 0 Å². The molecule has 1 aromatic carbocycles. The van der Waals surface area contributed by atoms with Gasteiger partial charge in [-0.3, -0.25) is 4.79 Å². The molecule has 5 heteroatoms. The van der Waals surface area contributed by atoms with Gasteiger partial charge in [0.15, 0.2) is 11.5 Å². The standard InChI is InChI=1S/C12H14O5/c1-3-16-9-6-5-8(11(13)12(14)15)7-10(9)17-4-2/h5-7H,3-4H2,1-2H3,(H,14,15). The van der Waals surface area contributed by atoms with Gasteiger partial charge >= 0.3 is 5.97 Å². The molecule has 0 saturated heterocycles. The topological polar surface area (TPSA) is 72.8 Å². The van der Waals surface area contributed by atoms with Crippen LogP contribution in [0.4, 0.5) is 0 Å². The van der Waals surface area contributed by atoms with Crippen LogP contribution in [0.25, 0.3) is 0 Å². The third-order valence-electron chi connectivity index (χ3n) is 2.00. The van der Waals surface area contributed by atoms with Gasteiger partial charge < -0.3 is 14.6 Å². The lowest BCUT2D eigenvalue weighted by Gasteiger charge is -2.11. The van der Waals surface area contributed by atoms with Crippen molar-refractivity contribution in [1.82, 2.24) is 0 Å². The number of hydrogen-bond acceptors (Lipinski definition) is 4. The highest BCUT2D eigenvalue weighted by Gasteiger charge is 2.17. The Bertz CT molecular complexity index is 425. The van der Waals surface area contributed by atoms with Crippen molar-refractivity contribution in [2.75, 3.05) is 13.2 Å². The number of benzene rings is 1. The molecule has 1 aromatic rings. The summed E-state index contributed by atoms with van der Waals surface area (Å²) in [6, 6.07) is 4.32. The molecule has 0 fully saturated rings. The van der Waals surface area contributed by atoms with Crippen LogP contribution in [0.3, 0.4) is 0 Å². The Kier molecular flexibility index (Phi) is 4.51. The summed E-state index contributed by atoms with van der Waals surface area (Å²) in [6.07, 6.45) is 0. The number of carbonyl (C=O) groups excluding carboxylic acids is 1. The van der Waals surface area contributed by atoms with E-state index in [-0.39, 0.29) is 5.56 Å². The molecule has 0 bridgehead atoms. The van der Waals surface area contributed by atoms with Gasteiger partial charge in [-0.05, 0) is 32.0 Å². The van der Waals surface area contributed by atoms with E-state index in [9.17, 15) is 9.59 Å². The number of carboxylic acid groups (broad SMARTS) is 1. The van der Waals surface area contributed by atoms with Gasteiger partial charge in [-0.15, -0.1) is 0 Å². The predicted molar refractivity (Wildman–Crippen MR) is 60.7 cm³/mol. The van der Waals surface area contributed by atoms with Crippen molar-refractivity contribution in [3.8, 4) is 11.5 Å². The molecule has 0 aliphatic rings. The predicted octanol–water partition coefficient (Wildman–Crippen LogP) is 1.75. The molecular formula is C12H14O5. The number of ketones is 1. The van der Waals surface area contributed by atoms with Crippen molar-refractivity contribution in [2.24, 2.45) is 0 Å². The first-order chi connectivity index (χ1) is 8.10. The smallest absolute Gasteiger partial charge is 0.377 e. The van der Waals surface area contributed by atoms with E-state index in [0.29, 0.717) is 24.7 Å². The van der Waals surface area contributed by atoms with Gasteiger partial charge in [-0.2, -0.15) is 0 Å². The molecule has 0 aromatic heterocycles. The van der Waals surface area contributed by atoms with Crippen molar-refractivity contribution in [1.29, 1.82) is 0 Å². The molecule has 0 heterocycles. The van der Waals surface area contributed by atoms with Crippen LogP contribution in [0.1, 0.15) is 24.2 Å². The van der Waals surface area contributed by atoms with Crippen LogP contribution in [0.5, 0.6) is 11.5 Å². The Morgan fingerprint density at radius 1 is 1.12 bits per heavy atom. The van der Waals surface area contributed by atoms with Crippen LogP contribution in [-0.4, -0.2) is 30.1 Å². The molecule has 92 valence electrons. The first kappa shape index (κ1) is 13.0. The molecule has 0 radical (unpaired) electrons. The van der Waals surface area contributed by atoms with E-state index >= 15 is 0 Å². The average molecular weight is 238 g/mol. The summed E-state index contributed by atoms with van der Waals surface area (Å²) in [7, 11) is 0. The van der Waals surface area contributed by atoms with E-state index < -0.39 is 11.8 Å². The zero-order chi connectivity index (χ0) is 12.8. The Labute approximate surface area is 99.0 Å². The SMILES string of the molecule is CCOc1ccc(C(=O)C(=O)O)cc1OCC. The molecule has 17 heavy (non-hydrogen) atoms. The zero-order valence-electron chi connectivity index (χ0n) is 9.73. The fourth-order valence-corrected chi connectivity index (χ4v) is 1.32. The molecule has 1 N–H and O–H groups in total. The quantitative estimate of drug-likeness (QED) is 0.603. The Balaban J connectivity index is 3.08. The molecule has 0 unspecified atom stereocenters. The lowest BCUT2D eigenvalue weighted by molar-refractivity contribution is -0.131. The molecule has 1 rings (SSSR count). The van der Waals surface area contributed by atoms with Crippen LogP contribution in [0.15, 0.2) is 18.2 Å². The van der Waals surface area contributed by atoms with Gasteiger partial charge in [0, 0.05) is 5.56 Å². The van der Waals surface area contributed by atoms with E-state index in [0.717, 1.165) is 0 Å². The van der Waals surface area contributed by atoms with Crippen molar-refractivity contribution >= 4 is 11.8 Å². The molecule has 0 spiro atoms. The first-order valence-electron chi connectivity index (χ1n) is 5.27. The lowest BCUT2D eigenvalue weighted by Crippen LogP contribution is -2.13. The molecule has 0 amide bonds. The third-order valence-corrected chi connectivity index (χ3v) is 2.00. The zero-order valence-corrected chi connectivity index (χ0v) is 9.73. The minimum absolute atomic E-state index is 0.0735. The van der Waals surface area contributed by atoms with E-state index in [1.807, 2.05) is 6.92 Å². The van der Waals surface area contributed by atoms with Gasteiger partial charge in [-0.1, -0.05) is 0 Å². The van der Waals surface area contributed by atoms with Gasteiger partial charge in [0.2, 0.25) is 0 Å². The van der Waals surface area contributed by atoms with Gasteiger partial charge in [0.25, 0.3) is 5.78 Å². The molecule has 5 nitrogen and oxygen atoms in total.